The zero-order valence-electron chi connectivity index (χ0n) is 14.1. The highest BCUT2D eigenvalue weighted by Crippen LogP contribution is 2.20. The van der Waals surface area contributed by atoms with Gasteiger partial charge in [0.1, 0.15) is 0 Å². The highest BCUT2D eigenvalue weighted by molar-refractivity contribution is 7.99. The van der Waals surface area contributed by atoms with Gasteiger partial charge in [0.25, 0.3) is 0 Å². The molecule has 0 saturated heterocycles. The fraction of sp³-hybridized carbons (Fsp3) is 0.350. The summed E-state index contributed by atoms with van der Waals surface area (Å²) in [6.07, 6.45) is 0.900. The van der Waals surface area contributed by atoms with Crippen molar-refractivity contribution in [2.45, 2.75) is 39.0 Å². The molecule has 2 aromatic carbocycles. The molecule has 2 aromatic rings. The van der Waals surface area contributed by atoms with E-state index in [-0.39, 0.29) is 11.9 Å². The molecule has 2 rings (SSSR count). The highest BCUT2D eigenvalue weighted by atomic mass is 32.2. The molecule has 0 unspecified atom stereocenters. The summed E-state index contributed by atoms with van der Waals surface area (Å²) in [5.41, 5.74) is 5.01. The Morgan fingerprint density at radius 2 is 1.83 bits per heavy atom. The number of thioether (sulfide) groups is 1. The lowest BCUT2D eigenvalue weighted by Gasteiger charge is -2.18. The zero-order chi connectivity index (χ0) is 16.7. The molecular formula is C20H25NOS. The second kappa shape index (κ2) is 8.78. The minimum Gasteiger partial charge on any atom is -0.349 e. The maximum atomic E-state index is 12.2. The molecule has 23 heavy (non-hydrogen) atoms. The van der Waals surface area contributed by atoms with Crippen LogP contribution in [0.5, 0.6) is 0 Å². The molecule has 122 valence electrons. The average molecular weight is 327 g/mol. The van der Waals surface area contributed by atoms with Gasteiger partial charge in [-0.15, -0.1) is 11.8 Å². The van der Waals surface area contributed by atoms with Crippen molar-refractivity contribution in [3.63, 3.8) is 0 Å². The van der Waals surface area contributed by atoms with Gasteiger partial charge in [0, 0.05) is 5.75 Å². The van der Waals surface area contributed by atoms with E-state index in [9.17, 15) is 4.79 Å². The molecule has 1 amide bonds. The molecule has 0 radical (unpaired) electrons. The van der Waals surface area contributed by atoms with Gasteiger partial charge in [0.05, 0.1) is 11.8 Å². The highest BCUT2D eigenvalue weighted by Gasteiger charge is 2.13. The Hall–Kier alpha value is -1.74. The predicted molar refractivity (Wildman–Crippen MR) is 99.7 cm³/mol. The molecule has 0 saturated carbocycles. The second-order valence-corrected chi connectivity index (χ2v) is 6.84. The van der Waals surface area contributed by atoms with E-state index in [1.165, 1.54) is 22.3 Å². The van der Waals surface area contributed by atoms with E-state index in [0.29, 0.717) is 5.75 Å². The Labute approximate surface area is 143 Å². The van der Waals surface area contributed by atoms with Crippen LogP contribution in [0.3, 0.4) is 0 Å². The first-order chi connectivity index (χ1) is 11.1. The van der Waals surface area contributed by atoms with E-state index in [1.54, 1.807) is 11.8 Å². The first-order valence-corrected chi connectivity index (χ1v) is 9.23. The van der Waals surface area contributed by atoms with Crippen molar-refractivity contribution in [3.8, 4) is 0 Å². The predicted octanol–water partition coefficient (Wildman–Crippen LogP) is 4.80. The first kappa shape index (κ1) is 17.6. The fourth-order valence-electron chi connectivity index (χ4n) is 2.47. The van der Waals surface area contributed by atoms with Gasteiger partial charge < -0.3 is 5.32 Å². The Kier molecular flexibility index (Phi) is 6.72. The molecule has 0 fully saturated rings. The maximum Gasteiger partial charge on any atom is 0.230 e. The summed E-state index contributed by atoms with van der Waals surface area (Å²) in [6.45, 7) is 6.33. The Bertz CT molecular complexity index is 639. The van der Waals surface area contributed by atoms with Crippen LogP contribution in [0.1, 0.15) is 41.6 Å². The zero-order valence-corrected chi connectivity index (χ0v) is 15.0. The van der Waals surface area contributed by atoms with Gasteiger partial charge in [-0.1, -0.05) is 55.5 Å². The molecule has 2 nitrogen and oxygen atoms in total. The van der Waals surface area contributed by atoms with Crippen LogP contribution in [-0.4, -0.2) is 11.7 Å². The lowest BCUT2D eigenvalue weighted by molar-refractivity contribution is -0.119. The van der Waals surface area contributed by atoms with Crippen LogP contribution in [0.25, 0.3) is 0 Å². The number of nitrogens with one attached hydrogen (secondary N) is 1. The Morgan fingerprint density at radius 3 is 2.48 bits per heavy atom. The van der Waals surface area contributed by atoms with E-state index in [2.05, 4.69) is 56.4 Å². The summed E-state index contributed by atoms with van der Waals surface area (Å²) in [5.74, 6) is 1.47. The van der Waals surface area contributed by atoms with E-state index in [1.807, 2.05) is 18.2 Å². The van der Waals surface area contributed by atoms with Gasteiger partial charge in [-0.25, -0.2) is 0 Å². The lowest BCUT2D eigenvalue weighted by Crippen LogP contribution is -2.29. The van der Waals surface area contributed by atoms with E-state index >= 15 is 0 Å². The summed E-state index contributed by atoms with van der Waals surface area (Å²) in [6, 6.07) is 16.8. The van der Waals surface area contributed by atoms with Crippen LogP contribution < -0.4 is 5.32 Å². The number of rotatable bonds is 7. The van der Waals surface area contributed by atoms with Gasteiger partial charge in [-0.05, 0) is 42.5 Å². The summed E-state index contributed by atoms with van der Waals surface area (Å²) in [7, 11) is 0. The van der Waals surface area contributed by atoms with Crippen LogP contribution in [0, 0.1) is 13.8 Å². The van der Waals surface area contributed by atoms with Gasteiger partial charge in [-0.3, -0.25) is 4.79 Å². The van der Waals surface area contributed by atoms with Crippen LogP contribution in [0.2, 0.25) is 0 Å². The van der Waals surface area contributed by atoms with Gasteiger partial charge in [0.15, 0.2) is 0 Å². The third-order valence-corrected chi connectivity index (χ3v) is 5.03. The van der Waals surface area contributed by atoms with Crippen molar-refractivity contribution >= 4 is 17.7 Å². The summed E-state index contributed by atoms with van der Waals surface area (Å²) in [4.78, 5) is 12.2. The summed E-state index contributed by atoms with van der Waals surface area (Å²) in [5, 5.41) is 3.16. The molecule has 3 heteroatoms. The van der Waals surface area contributed by atoms with Crippen LogP contribution in [0.4, 0.5) is 0 Å². The molecule has 0 bridgehead atoms. The lowest BCUT2D eigenvalue weighted by atomic mass is 9.99. The van der Waals surface area contributed by atoms with Gasteiger partial charge in [-0.2, -0.15) is 0 Å². The normalized spacial score (nSPS) is 12.0. The Balaban J connectivity index is 1.85. The van der Waals surface area contributed by atoms with Crippen molar-refractivity contribution in [2.24, 2.45) is 0 Å². The van der Waals surface area contributed by atoms with Crippen molar-refractivity contribution in [1.82, 2.24) is 5.32 Å². The third-order valence-electron chi connectivity index (χ3n) is 4.02. The summed E-state index contributed by atoms with van der Waals surface area (Å²) >= 11 is 1.66. The minimum absolute atomic E-state index is 0.0964. The second-order valence-electron chi connectivity index (χ2n) is 5.85. The van der Waals surface area contributed by atoms with Crippen LogP contribution in [-0.2, 0) is 10.5 Å². The number of aryl methyl sites for hydroxylation is 2. The number of carbonyl (C=O) groups excluding carboxylic acids is 1. The van der Waals surface area contributed by atoms with Crippen molar-refractivity contribution < 1.29 is 4.79 Å². The largest absolute Gasteiger partial charge is 0.349 e. The Morgan fingerprint density at radius 1 is 1.09 bits per heavy atom. The number of hydrogen-bond acceptors (Lipinski definition) is 2. The number of hydrogen-bond donors (Lipinski definition) is 1. The van der Waals surface area contributed by atoms with Gasteiger partial charge in [0.2, 0.25) is 5.91 Å². The molecular weight excluding hydrogens is 302 g/mol. The average Bonchev–Trinajstić information content (AvgIpc) is 2.56. The fourth-order valence-corrected chi connectivity index (χ4v) is 3.27. The maximum absolute atomic E-state index is 12.2. The molecule has 0 aromatic heterocycles. The number of carbonyl (C=O) groups is 1. The van der Waals surface area contributed by atoms with E-state index in [0.717, 1.165) is 12.2 Å². The standard InChI is InChI=1S/C20H25NOS/c1-4-19(18-11-10-15(2)16(3)12-18)21-20(22)14-23-13-17-8-6-5-7-9-17/h5-12,19H,4,13-14H2,1-3H3,(H,21,22)/t19-/m1/s1. The third kappa shape index (κ3) is 5.43. The van der Waals surface area contributed by atoms with Crippen molar-refractivity contribution in [3.05, 3.63) is 70.8 Å². The van der Waals surface area contributed by atoms with Crippen LogP contribution in [0.15, 0.2) is 48.5 Å². The molecule has 0 aliphatic heterocycles. The molecule has 0 spiro atoms. The molecule has 0 aliphatic carbocycles. The van der Waals surface area contributed by atoms with E-state index < -0.39 is 0 Å². The number of benzene rings is 2. The van der Waals surface area contributed by atoms with Crippen LogP contribution >= 0.6 is 11.8 Å². The quantitative estimate of drug-likeness (QED) is 0.791. The van der Waals surface area contributed by atoms with E-state index in [4.69, 9.17) is 0 Å². The van der Waals surface area contributed by atoms with Crippen molar-refractivity contribution in [2.75, 3.05) is 5.75 Å². The number of amides is 1. The molecule has 1 atom stereocenters. The molecule has 1 N–H and O–H groups in total. The SMILES string of the molecule is CC[C@@H](NC(=O)CSCc1ccccc1)c1ccc(C)c(C)c1. The minimum atomic E-state index is 0.0964. The summed E-state index contributed by atoms with van der Waals surface area (Å²) < 4.78 is 0. The monoisotopic (exact) mass is 327 g/mol. The first-order valence-electron chi connectivity index (χ1n) is 8.08. The van der Waals surface area contributed by atoms with Crippen molar-refractivity contribution in [1.29, 1.82) is 0 Å². The molecule has 0 heterocycles. The molecule has 0 aliphatic rings. The van der Waals surface area contributed by atoms with Gasteiger partial charge >= 0.3 is 0 Å². The topological polar surface area (TPSA) is 29.1 Å². The smallest absolute Gasteiger partial charge is 0.230 e.